The van der Waals surface area contributed by atoms with E-state index in [-0.39, 0.29) is 23.8 Å². The maximum atomic E-state index is 12.6. The average molecular weight is 343 g/mol. The SMILES string of the molecule is C[C@@H](NC(=O)[C@@H]1CCCN(C(=O)c2cccs2)C1)c1ccncc1. The number of thiophene rings is 1. The minimum Gasteiger partial charge on any atom is -0.349 e. The summed E-state index contributed by atoms with van der Waals surface area (Å²) in [6, 6.07) is 7.45. The molecular formula is C18H21N3O2S. The van der Waals surface area contributed by atoms with Gasteiger partial charge in [-0.2, -0.15) is 0 Å². The summed E-state index contributed by atoms with van der Waals surface area (Å²) < 4.78 is 0. The first kappa shape index (κ1) is 16.6. The van der Waals surface area contributed by atoms with Crippen molar-refractivity contribution in [3.05, 3.63) is 52.5 Å². The van der Waals surface area contributed by atoms with Gasteiger partial charge >= 0.3 is 0 Å². The minimum atomic E-state index is -0.146. The van der Waals surface area contributed by atoms with Gasteiger partial charge in [0, 0.05) is 25.5 Å². The molecule has 0 saturated carbocycles. The Morgan fingerprint density at radius 2 is 2.12 bits per heavy atom. The fraction of sp³-hybridized carbons (Fsp3) is 0.389. The van der Waals surface area contributed by atoms with E-state index in [4.69, 9.17) is 0 Å². The molecule has 5 nitrogen and oxygen atoms in total. The highest BCUT2D eigenvalue weighted by Gasteiger charge is 2.29. The second-order valence-electron chi connectivity index (χ2n) is 6.08. The Balaban J connectivity index is 1.60. The Kier molecular flexibility index (Phi) is 5.25. The first-order valence-corrected chi connectivity index (χ1v) is 9.06. The minimum absolute atomic E-state index is 0.0167. The monoisotopic (exact) mass is 343 g/mol. The quantitative estimate of drug-likeness (QED) is 0.928. The van der Waals surface area contributed by atoms with Crippen LogP contribution in [0.25, 0.3) is 0 Å². The van der Waals surface area contributed by atoms with Crippen LogP contribution in [-0.4, -0.2) is 34.8 Å². The molecule has 2 aromatic rings. The van der Waals surface area contributed by atoms with Gasteiger partial charge in [-0.3, -0.25) is 14.6 Å². The first-order chi connectivity index (χ1) is 11.6. The molecule has 24 heavy (non-hydrogen) atoms. The fourth-order valence-electron chi connectivity index (χ4n) is 3.00. The summed E-state index contributed by atoms with van der Waals surface area (Å²) in [7, 11) is 0. The third-order valence-corrected chi connectivity index (χ3v) is 5.23. The number of carbonyl (C=O) groups is 2. The molecule has 0 spiro atoms. The predicted molar refractivity (Wildman–Crippen MR) is 93.7 cm³/mol. The van der Waals surface area contributed by atoms with Crippen LogP contribution in [0.4, 0.5) is 0 Å². The third kappa shape index (κ3) is 3.82. The number of amides is 2. The second kappa shape index (κ2) is 7.57. The van der Waals surface area contributed by atoms with Crippen molar-refractivity contribution >= 4 is 23.2 Å². The summed E-state index contributed by atoms with van der Waals surface area (Å²) in [6.45, 7) is 3.18. The van der Waals surface area contributed by atoms with Gasteiger partial charge in [0.2, 0.25) is 5.91 Å². The van der Waals surface area contributed by atoms with Gasteiger partial charge in [0.25, 0.3) is 5.91 Å². The van der Waals surface area contributed by atoms with Crippen molar-refractivity contribution in [2.24, 2.45) is 5.92 Å². The van der Waals surface area contributed by atoms with Gasteiger partial charge in [0.1, 0.15) is 0 Å². The van der Waals surface area contributed by atoms with Crippen LogP contribution in [0.2, 0.25) is 0 Å². The molecule has 6 heteroatoms. The fourth-order valence-corrected chi connectivity index (χ4v) is 3.69. The molecule has 1 N–H and O–H groups in total. The summed E-state index contributed by atoms with van der Waals surface area (Å²) >= 11 is 1.44. The van der Waals surface area contributed by atoms with Crippen molar-refractivity contribution in [2.45, 2.75) is 25.8 Å². The molecule has 0 radical (unpaired) electrons. The lowest BCUT2D eigenvalue weighted by molar-refractivity contribution is -0.127. The van der Waals surface area contributed by atoms with Crippen LogP contribution in [0.5, 0.6) is 0 Å². The normalized spacial score (nSPS) is 18.9. The van der Waals surface area contributed by atoms with Crippen molar-refractivity contribution < 1.29 is 9.59 Å². The van der Waals surface area contributed by atoms with Gasteiger partial charge in [0.15, 0.2) is 0 Å². The van der Waals surface area contributed by atoms with Crippen molar-refractivity contribution in [3.8, 4) is 0 Å². The lowest BCUT2D eigenvalue weighted by atomic mass is 9.96. The number of rotatable bonds is 4. The number of pyridine rings is 1. The van der Waals surface area contributed by atoms with E-state index in [1.807, 2.05) is 36.6 Å². The number of likely N-dealkylation sites (tertiary alicyclic amines) is 1. The van der Waals surface area contributed by atoms with Crippen LogP contribution in [-0.2, 0) is 4.79 Å². The van der Waals surface area contributed by atoms with Crippen molar-refractivity contribution in [1.82, 2.24) is 15.2 Å². The molecule has 3 heterocycles. The second-order valence-corrected chi connectivity index (χ2v) is 7.03. The van der Waals surface area contributed by atoms with E-state index >= 15 is 0 Å². The summed E-state index contributed by atoms with van der Waals surface area (Å²) in [5.41, 5.74) is 1.03. The molecule has 1 fully saturated rings. The van der Waals surface area contributed by atoms with E-state index in [0.29, 0.717) is 6.54 Å². The zero-order chi connectivity index (χ0) is 16.9. The highest BCUT2D eigenvalue weighted by molar-refractivity contribution is 7.12. The standard InChI is InChI=1S/C18H21N3O2S/c1-13(14-6-8-19-9-7-14)20-17(22)15-4-2-10-21(12-15)18(23)16-5-3-11-24-16/h3,5-9,11,13,15H,2,4,10,12H2,1H3,(H,20,22)/t13-,15-/m1/s1. The summed E-state index contributed by atoms with van der Waals surface area (Å²) in [6.07, 6.45) is 5.13. The Hall–Kier alpha value is -2.21. The van der Waals surface area contributed by atoms with Gasteiger partial charge in [0.05, 0.1) is 16.8 Å². The number of aromatic nitrogens is 1. The van der Waals surface area contributed by atoms with Crippen LogP contribution in [0.3, 0.4) is 0 Å². The Morgan fingerprint density at radius 1 is 1.33 bits per heavy atom. The average Bonchev–Trinajstić information content (AvgIpc) is 3.16. The zero-order valence-electron chi connectivity index (χ0n) is 13.6. The van der Waals surface area contributed by atoms with E-state index in [2.05, 4.69) is 10.3 Å². The van der Waals surface area contributed by atoms with Gasteiger partial charge in [-0.25, -0.2) is 0 Å². The van der Waals surface area contributed by atoms with Gasteiger partial charge in [-0.1, -0.05) is 6.07 Å². The number of nitrogens with zero attached hydrogens (tertiary/aromatic N) is 2. The van der Waals surface area contributed by atoms with E-state index in [1.165, 1.54) is 11.3 Å². The van der Waals surface area contributed by atoms with Crippen LogP contribution < -0.4 is 5.32 Å². The summed E-state index contributed by atoms with van der Waals surface area (Å²) in [5, 5.41) is 4.96. The topological polar surface area (TPSA) is 62.3 Å². The lowest BCUT2D eigenvalue weighted by Gasteiger charge is -2.32. The van der Waals surface area contributed by atoms with E-state index in [0.717, 1.165) is 29.8 Å². The zero-order valence-corrected chi connectivity index (χ0v) is 14.5. The number of piperidine rings is 1. The Labute approximate surface area is 145 Å². The van der Waals surface area contributed by atoms with Crippen molar-refractivity contribution in [1.29, 1.82) is 0 Å². The van der Waals surface area contributed by atoms with Crippen LogP contribution in [0.15, 0.2) is 42.0 Å². The molecule has 1 aliphatic rings. The van der Waals surface area contributed by atoms with Gasteiger partial charge in [-0.15, -0.1) is 11.3 Å². The molecule has 3 rings (SSSR count). The molecule has 0 aliphatic carbocycles. The lowest BCUT2D eigenvalue weighted by Crippen LogP contribution is -2.45. The summed E-state index contributed by atoms with van der Waals surface area (Å²) in [4.78, 5) is 31.6. The molecule has 126 valence electrons. The van der Waals surface area contributed by atoms with Crippen molar-refractivity contribution in [2.75, 3.05) is 13.1 Å². The number of carbonyl (C=O) groups excluding carboxylic acids is 2. The van der Waals surface area contributed by atoms with E-state index < -0.39 is 0 Å². The Bertz CT molecular complexity index is 688. The number of hydrogen-bond donors (Lipinski definition) is 1. The number of nitrogens with one attached hydrogen (secondary N) is 1. The van der Waals surface area contributed by atoms with Crippen LogP contribution in [0, 0.1) is 5.92 Å². The highest BCUT2D eigenvalue weighted by atomic mass is 32.1. The maximum absolute atomic E-state index is 12.6. The van der Waals surface area contributed by atoms with E-state index in [1.54, 1.807) is 17.3 Å². The molecule has 1 saturated heterocycles. The largest absolute Gasteiger partial charge is 0.349 e. The van der Waals surface area contributed by atoms with Crippen LogP contribution in [0.1, 0.15) is 41.0 Å². The Morgan fingerprint density at radius 3 is 2.83 bits per heavy atom. The van der Waals surface area contributed by atoms with E-state index in [9.17, 15) is 9.59 Å². The molecule has 2 aromatic heterocycles. The molecule has 1 aliphatic heterocycles. The summed E-state index contributed by atoms with van der Waals surface area (Å²) in [5.74, 6) is -0.0976. The molecule has 0 aromatic carbocycles. The van der Waals surface area contributed by atoms with Crippen molar-refractivity contribution in [3.63, 3.8) is 0 Å². The molecule has 2 amide bonds. The highest BCUT2D eigenvalue weighted by Crippen LogP contribution is 2.22. The molecule has 0 unspecified atom stereocenters. The third-order valence-electron chi connectivity index (χ3n) is 4.38. The molecule has 2 atom stereocenters. The molecular weight excluding hydrogens is 322 g/mol. The maximum Gasteiger partial charge on any atom is 0.263 e. The predicted octanol–water partition coefficient (Wildman–Crippen LogP) is 2.87. The van der Waals surface area contributed by atoms with Gasteiger partial charge < -0.3 is 10.2 Å². The van der Waals surface area contributed by atoms with Gasteiger partial charge in [-0.05, 0) is 48.9 Å². The molecule has 0 bridgehead atoms. The smallest absolute Gasteiger partial charge is 0.263 e. The van der Waals surface area contributed by atoms with Crippen LogP contribution >= 0.6 is 11.3 Å². The first-order valence-electron chi connectivity index (χ1n) is 8.18. The number of hydrogen-bond acceptors (Lipinski definition) is 4.